The molecule has 0 amide bonds. The first-order valence-corrected chi connectivity index (χ1v) is 7.16. The summed E-state index contributed by atoms with van der Waals surface area (Å²) in [5.74, 6) is 0. The van der Waals surface area contributed by atoms with Gasteiger partial charge < -0.3 is 0 Å². The molecule has 0 saturated heterocycles. The number of rotatable bonds is 1. The molecule has 21 heavy (non-hydrogen) atoms. The van der Waals surface area contributed by atoms with Crippen LogP contribution in [-0.2, 0) is 0 Å². The van der Waals surface area contributed by atoms with Crippen molar-refractivity contribution in [1.82, 2.24) is 4.98 Å². The van der Waals surface area contributed by atoms with Gasteiger partial charge in [-0.2, -0.15) is 0 Å². The number of fused-ring (bicyclic) bond motifs is 2. The van der Waals surface area contributed by atoms with Crippen LogP contribution in [0.2, 0.25) is 0 Å². The van der Waals surface area contributed by atoms with Gasteiger partial charge in [-0.05, 0) is 52.2 Å². The van der Waals surface area contributed by atoms with Gasteiger partial charge in [-0.3, -0.25) is 4.98 Å². The summed E-state index contributed by atoms with van der Waals surface area (Å²) in [7, 11) is 0. The largest absolute Gasteiger partial charge is 0.256 e. The lowest BCUT2D eigenvalue weighted by molar-refractivity contribution is 1.29. The van der Waals surface area contributed by atoms with Crippen molar-refractivity contribution in [3.05, 3.63) is 78.5 Å². The minimum Gasteiger partial charge on any atom is -0.256 e. The fraction of sp³-hybridized carbons (Fsp3) is 0.0500. The molecule has 0 aliphatic heterocycles. The molecule has 0 saturated carbocycles. The van der Waals surface area contributed by atoms with Gasteiger partial charge in [-0.15, -0.1) is 0 Å². The van der Waals surface area contributed by atoms with E-state index in [1.54, 1.807) is 0 Å². The molecule has 0 fully saturated rings. The van der Waals surface area contributed by atoms with Crippen molar-refractivity contribution in [2.24, 2.45) is 0 Å². The van der Waals surface area contributed by atoms with Gasteiger partial charge in [0, 0.05) is 11.8 Å². The first-order chi connectivity index (χ1) is 10.3. The maximum absolute atomic E-state index is 4.61. The van der Waals surface area contributed by atoms with Gasteiger partial charge in [0.2, 0.25) is 0 Å². The smallest absolute Gasteiger partial charge is 0.0717 e. The average molecular weight is 269 g/mol. The average Bonchev–Trinajstić information content (AvgIpc) is 2.52. The van der Waals surface area contributed by atoms with E-state index in [0.717, 1.165) is 5.69 Å². The van der Waals surface area contributed by atoms with Crippen molar-refractivity contribution in [3.63, 3.8) is 0 Å². The number of nitrogens with zero attached hydrogens (tertiary/aromatic N) is 1. The van der Waals surface area contributed by atoms with Crippen LogP contribution in [0.1, 0.15) is 5.56 Å². The quantitative estimate of drug-likeness (QED) is 0.424. The molecule has 3 aromatic carbocycles. The summed E-state index contributed by atoms with van der Waals surface area (Å²) in [5.41, 5.74) is 3.51. The molecular formula is C20H15N. The molecule has 0 atom stereocenters. The Hall–Kier alpha value is -2.67. The molecule has 0 N–H and O–H groups in total. The molecule has 0 bridgehead atoms. The van der Waals surface area contributed by atoms with E-state index in [1.807, 2.05) is 12.3 Å². The van der Waals surface area contributed by atoms with Crippen LogP contribution in [0.5, 0.6) is 0 Å². The summed E-state index contributed by atoms with van der Waals surface area (Å²) < 4.78 is 0. The predicted octanol–water partition coefficient (Wildman–Crippen LogP) is 5.36. The van der Waals surface area contributed by atoms with E-state index >= 15 is 0 Å². The molecule has 1 heteroatoms. The molecule has 100 valence electrons. The van der Waals surface area contributed by atoms with E-state index in [-0.39, 0.29) is 0 Å². The minimum absolute atomic E-state index is 1.04. The van der Waals surface area contributed by atoms with Gasteiger partial charge in [0.15, 0.2) is 0 Å². The predicted molar refractivity (Wildman–Crippen MR) is 89.4 cm³/mol. The van der Waals surface area contributed by atoms with Crippen LogP contribution >= 0.6 is 0 Å². The molecule has 0 spiro atoms. The fourth-order valence-corrected chi connectivity index (χ4v) is 2.96. The highest BCUT2D eigenvalue weighted by molar-refractivity contribution is 6.12. The molecule has 0 radical (unpaired) electrons. The maximum atomic E-state index is 4.61. The number of pyridine rings is 1. The highest BCUT2D eigenvalue weighted by Gasteiger charge is 2.10. The van der Waals surface area contributed by atoms with Gasteiger partial charge in [0.1, 0.15) is 0 Å². The van der Waals surface area contributed by atoms with Crippen LogP contribution < -0.4 is 0 Å². The second kappa shape index (κ2) is 4.71. The van der Waals surface area contributed by atoms with Crippen molar-refractivity contribution in [2.45, 2.75) is 6.92 Å². The molecule has 4 rings (SSSR count). The van der Waals surface area contributed by atoms with Crippen LogP contribution in [0, 0.1) is 6.92 Å². The van der Waals surface area contributed by atoms with E-state index in [2.05, 4.69) is 72.6 Å². The van der Waals surface area contributed by atoms with Crippen molar-refractivity contribution in [2.75, 3.05) is 0 Å². The second-order valence-corrected chi connectivity index (χ2v) is 5.41. The Morgan fingerprint density at radius 2 is 1.33 bits per heavy atom. The van der Waals surface area contributed by atoms with Crippen molar-refractivity contribution in [1.29, 1.82) is 0 Å². The van der Waals surface area contributed by atoms with Gasteiger partial charge in [-0.1, -0.05) is 48.5 Å². The number of aryl methyl sites for hydroxylation is 1. The first kappa shape index (κ1) is 12.1. The fourth-order valence-electron chi connectivity index (χ4n) is 2.96. The second-order valence-electron chi connectivity index (χ2n) is 5.41. The van der Waals surface area contributed by atoms with Crippen molar-refractivity contribution >= 4 is 21.5 Å². The first-order valence-electron chi connectivity index (χ1n) is 7.16. The Morgan fingerprint density at radius 1 is 0.714 bits per heavy atom. The Kier molecular flexibility index (Phi) is 2.71. The van der Waals surface area contributed by atoms with Crippen LogP contribution in [0.15, 0.2) is 72.9 Å². The summed E-state index contributed by atoms with van der Waals surface area (Å²) in [6.45, 7) is 2.11. The number of aromatic nitrogens is 1. The SMILES string of the molecule is Cc1ccnc(-c2c3ccccc3cc3ccccc23)c1. The molecule has 0 unspecified atom stereocenters. The summed E-state index contributed by atoms with van der Waals surface area (Å²) in [4.78, 5) is 4.61. The Bertz CT molecular complexity index is 900. The molecule has 0 aliphatic rings. The topological polar surface area (TPSA) is 12.9 Å². The molecular weight excluding hydrogens is 254 g/mol. The van der Waals surface area contributed by atoms with Gasteiger partial charge in [0.25, 0.3) is 0 Å². The molecule has 0 aliphatic carbocycles. The number of benzene rings is 3. The lowest BCUT2D eigenvalue weighted by Crippen LogP contribution is -1.89. The van der Waals surface area contributed by atoms with Gasteiger partial charge in [-0.25, -0.2) is 0 Å². The van der Waals surface area contributed by atoms with E-state index in [1.165, 1.54) is 32.7 Å². The zero-order valence-corrected chi connectivity index (χ0v) is 11.9. The zero-order chi connectivity index (χ0) is 14.2. The van der Waals surface area contributed by atoms with E-state index in [9.17, 15) is 0 Å². The molecule has 1 heterocycles. The normalized spacial score (nSPS) is 11.1. The van der Waals surface area contributed by atoms with Crippen molar-refractivity contribution in [3.8, 4) is 11.3 Å². The van der Waals surface area contributed by atoms with Crippen LogP contribution in [-0.4, -0.2) is 4.98 Å². The summed E-state index contributed by atoms with van der Waals surface area (Å²) >= 11 is 0. The lowest BCUT2D eigenvalue weighted by Gasteiger charge is -2.11. The highest BCUT2D eigenvalue weighted by atomic mass is 14.7. The monoisotopic (exact) mass is 269 g/mol. The van der Waals surface area contributed by atoms with E-state index < -0.39 is 0 Å². The van der Waals surface area contributed by atoms with E-state index in [0.29, 0.717) is 0 Å². The third kappa shape index (κ3) is 1.98. The lowest BCUT2D eigenvalue weighted by atomic mass is 9.94. The Morgan fingerprint density at radius 3 is 1.95 bits per heavy atom. The van der Waals surface area contributed by atoms with Gasteiger partial charge >= 0.3 is 0 Å². The summed E-state index contributed by atoms with van der Waals surface area (Å²) in [5, 5.41) is 5.03. The Labute approximate surface area is 123 Å². The zero-order valence-electron chi connectivity index (χ0n) is 11.9. The van der Waals surface area contributed by atoms with Crippen LogP contribution in [0.25, 0.3) is 32.8 Å². The molecule has 1 nitrogen and oxygen atoms in total. The molecule has 4 aromatic rings. The standard InChI is InChI=1S/C20H15N/c1-14-10-11-21-19(12-14)20-17-8-4-2-6-15(17)13-16-7-3-5-9-18(16)20/h2-13H,1H3. The third-order valence-corrected chi connectivity index (χ3v) is 3.94. The Balaban J connectivity index is 2.21. The van der Waals surface area contributed by atoms with Crippen molar-refractivity contribution < 1.29 is 0 Å². The maximum Gasteiger partial charge on any atom is 0.0717 e. The third-order valence-electron chi connectivity index (χ3n) is 3.94. The highest BCUT2D eigenvalue weighted by Crippen LogP contribution is 2.35. The van der Waals surface area contributed by atoms with Crippen LogP contribution in [0.3, 0.4) is 0 Å². The van der Waals surface area contributed by atoms with E-state index in [4.69, 9.17) is 0 Å². The summed E-state index contributed by atoms with van der Waals surface area (Å²) in [6.07, 6.45) is 1.89. The van der Waals surface area contributed by atoms with Crippen LogP contribution in [0.4, 0.5) is 0 Å². The minimum atomic E-state index is 1.04. The number of hydrogen-bond donors (Lipinski definition) is 0. The molecule has 1 aromatic heterocycles. The summed E-state index contributed by atoms with van der Waals surface area (Å²) in [6, 6.07) is 23.5. The number of hydrogen-bond acceptors (Lipinski definition) is 1. The van der Waals surface area contributed by atoms with Gasteiger partial charge in [0.05, 0.1) is 5.69 Å².